The third-order valence-corrected chi connectivity index (χ3v) is 4.02. The molecule has 1 fully saturated rings. The van der Waals surface area contributed by atoms with Crippen LogP contribution in [-0.4, -0.2) is 39.8 Å². The number of fused-ring (bicyclic) bond motifs is 1. The number of rotatable bonds is 3. The summed E-state index contributed by atoms with van der Waals surface area (Å²) < 4.78 is 7.23. The molecule has 0 N–H and O–H groups in total. The lowest BCUT2D eigenvalue weighted by atomic mass is 10.2. The molecule has 1 aliphatic heterocycles. The molecule has 1 saturated heterocycles. The van der Waals surface area contributed by atoms with Gasteiger partial charge in [-0.3, -0.25) is 0 Å². The van der Waals surface area contributed by atoms with E-state index in [0.29, 0.717) is 5.88 Å². The normalized spacial score (nSPS) is 14.7. The van der Waals surface area contributed by atoms with Crippen molar-refractivity contribution < 1.29 is 4.74 Å². The Bertz CT molecular complexity index is 807. The zero-order valence-electron chi connectivity index (χ0n) is 12.4. The smallest absolute Gasteiger partial charge is 0.222 e. The van der Waals surface area contributed by atoms with Crippen molar-refractivity contribution in [3.8, 4) is 17.1 Å². The molecule has 6 heteroatoms. The molecular weight excluding hydrogens is 278 g/mol. The molecule has 6 nitrogen and oxygen atoms in total. The summed E-state index contributed by atoms with van der Waals surface area (Å²) in [6, 6.07) is 7.91. The summed E-state index contributed by atoms with van der Waals surface area (Å²) in [5.74, 6) is 1.57. The van der Waals surface area contributed by atoms with Crippen molar-refractivity contribution in [3.05, 3.63) is 36.7 Å². The lowest BCUT2D eigenvalue weighted by Crippen LogP contribution is -2.19. The fourth-order valence-electron chi connectivity index (χ4n) is 2.91. The molecule has 0 bridgehead atoms. The third kappa shape index (κ3) is 2.07. The summed E-state index contributed by atoms with van der Waals surface area (Å²) in [7, 11) is 1.62. The van der Waals surface area contributed by atoms with E-state index in [0.717, 1.165) is 35.8 Å². The summed E-state index contributed by atoms with van der Waals surface area (Å²) >= 11 is 0. The highest BCUT2D eigenvalue weighted by Crippen LogP contribution is 2.28. The topological polar surface area (TPSA) is 55.6 Å². The van der Waals surface area contributed by atoms with Crippen molar-refractivity contribution in [3.63, 3.8) is 0 Å². The van der Waals surface area contributed by atoms with Crippen LogP contribution in [0.15, 0.2) is 36.7 Å². The first-order valence-electron chi connectivity index (χ1n) is 7.46. The van der Waals surface area contributed by atoms with Crippen molar-refractivity contribution in [2.24, 2.45) is 0 Å². The number of aromatic nitrogens is 4. The Kier molecular flexibility index (Phi) is 3.14. The molecule has 0 aliphatic carbocycles. The Morgan fingerprint density at radius 2 is 1.95 bits per heavy atom. The first-order chi connectivity index (χ1) is 10.9. The van der Waals surface area contributed by atoms with Crippen molar-refractivity contribution in [2.75, 3.05) is 25.1 Å². The highest BCUT2D eigenvalue weighted by Gasteiger charge is 2.17. The molecule has 4 heterocycles. The summed E-state index contributed by atoms with van der Waals surface area (Å²) in [6.07, 6.45) is 5.99. The minimum atomic E-state index is 0.581. The average Bonchev–Trinajstić information content (AvgIpc) is 3.23. The molecule has 0 spiro atoms. The highest BCUT2D eigenvalue weighted by atomic mass is 16.5. The van der Waals surface area contributed by atoms with Gasteiger partial charge in [-0.15, -0.1) is 5.10 Å². The molecule has 0 saturated carbocycles. The average molecular weight is 295 g/mol. The summed E-state index contributed by atoms with van der Waals surface area (Å²) in [4.78, 5) is 11.0. The molecule has 0 amide bonds. The molecule has 22 heavy (non-hydrogen) atoms. The maximum absolute atomic E-state index is 5.36. The quantitative estimate of drug-likeness (QED) is 0.742. The fraction of sp³-hybridized carbons (Fsp3) is 0.312. The second-order valence-corrected chi connectivity index (χ2v) is 5.36. The number of methoxy groups -OCH3 is 1. The Labute approximate surface area is 128 Å². The second-order valence-electron chi connectivity index (χ2n) is 5.36. The maximum atomic E-state index is 5.36. The van der Waals surface area contributed by atoms with Gasteiger partial charge in [0.25, 0.3) is 0 Å². The number of hydrogen-bond donors (Lipinski definition) is 0. The number of pyridine rings is 1. The molecule has 0 unspecified atom stereocenters. The summed E-state index contributed by atoms with van der Waals surface area (Å²) in [5, 5.41) is 4.77. The molecule has 3 aromatic rings. The Hall–Kier alpha value is -2.63. The zero-order chi connectivity index (χ0) is 14.9. The van der Waals surface area contributed by atoms with Gasteiger partial charge in [0.1, 0.15) is 5.82 Å². The van der Waals surface area contributed by atoms with Gasteiger partial charge >= 0.3 is 0 Å². The lowest BCUT2D eigenvalue weighted by molar-refractivity contribution is 0.399. The molecule has 3 aromatic heterocycles. The number of ether oxygens (including phenoxy) is 1. The van der Waals surface area contributed by atoms with E-state index >= 15 is 0 Å². The summed E-state index contributed by atoms with van der Waals surface area (Å²) in [5.41, 5.74) is 2.61. The van der Waals surface area contributed by atoms with Crippen LogP contribution in [0, 0.1) is 0 Å². The molecular formula is C16H17N5O. The number of nitrogens with zero attached hydrogens (tertiary/aromatic N) is 5. The van der Waals surface area contributed by atoms with Crippen LogP contribution in [0.1, 0.15) is 12.8 Å². The van der Waals surface area contributed by atoms with Gasteiger partial charge in [0.15, 0.2) is 5.65 Å². The van der Waals surface area contributed by atoms with E-state index in [1.807, 2.05) is 35.0 Å². The molecule has 4 rings (SSSR count). The third-order valence-electron chi connectivity index (χ3n) is 4.02. The van der Waals surface area contributed by atoms with Gasteiger partial charge in [0, 0.05) is 19.3 Å². The predicted molar refractivity (Wildman–Crippen MR) is 84.2 cm³/mol. The number of imidazole rings is 1. The first-order valence-corrected chi connectivity index (χ1v) is 7.46. The molecule has 0 atom stereocenters. The fourth-order valence-corrected chi connectivity index (χ4v) is 2.91. The first kappa shape index (κ1) is 13.1. The van der Waals surface area contributed by atoms with E-state index in [4.69, 9.17) is 9.84 Å². The largest absolute Gasteiger partial charge is 0.481 e. The Morgan fingerprint density at radius 3 is 2.77 bits per heavy atom. The van der Waals surface area contributed by atoms with Crippen LogP contribution in [0.3, 0.4) is 0 Å². The van der Waals surface area contributed by atoms with Crippen LogP contribution >= 0.6 is 0 Å². The molecule has 1 aliphatic rings. The van der Waals surface area contributed by atoms with Crippen LogP contribution in [-0.2, 0) is 0 Å². The van der Waals surface area contributed by atoms with Crippen LogP contribution in [0.5, 0.6) is 5.88 Å². The van der Waals surface area contributed by atoms with E-state index < -0.39 is 0 Å². The zero-order valence-corrected chi connectivity index (χ0v) is 12.4. The van der Waals surface area contributed by atoms with Gasteiger partial charge in [0.05, 0.1) is 24.6 Å². The van der Waals surface area contributed by atoms with Gasteiger partial charge in [-0.2, -0.15) is 0 Å². The molecule has 0 aromatic carbocycles. The van der Waals surface area contributed by atoms with E-state index in [-0.39, 0.29) is 0 Å². The molecule has 0 radical (unpaired) electrons. The van der Waals surface area contributed by atoms with E-state index in [1.54, 1.807) is 13.3 Å². The lowest BCUT2D eigenvalue weighted by Gasteiger charge is -2.16. The minimum Gasteiger partial charge on any atom is -0.481 e. The number of anilines is 1. The van der Waals surface area contributed by atoms with Crippen molar-refractivity contribution in [1.82, 2.24) is 19.6 Å². The van der Waals surface area contributed by atoms with Gasteiger partial charge in [-0.05, 0) is 37.1 Å². The van der Waals surface area contributed by atoms with E-state index in [2.05, 4.69) is 14.9 Å². The monoisotopic (exact) mass is 295 g/mol. The standard InChI is InChI=1S/C16H17N5O/c1-22-16-12(5-4-8-17-16)13-11-18-14-6-7-15(19-21(13)14)20-9-2-3-10-20/h4-8,11H,2-3,9-10H2,1H3. The minimum absolute atomic E-state index is 0.581. The van der Waals surface area contributed by atoms with Crippen LogP contribution < -0.4 is 9.64 Å². The SMILES string of the molecule is COc1ncccc1-c1cnc2ccc(N3CCCC3)nn12. The van der Waals surface area contributed by atoms with Gasteiger partial charge in [-0.1, -0.05) is 0 Å². The van der Waals surface area contributed by atoms with Crippen molar-refractivity contribution >= 4 is 11.5 Å². The van der Waals surface area contributed by atoms with Gasteiger partial charge < -0.3 is 9.64 Å². The van der Waals surface area contributed by atoms with Crippen LogP contribution in [0.4, 0.5) is 5.82 Å². The maximum Gasteiger partial charge on any atom is 0.222 e. The highest BCUT2D eigenvalue weighted by molar-refractivity contribution is 5.68. The van der Waals surface area contributed by atoms with E-state index in [1.165, 1.54) is 12.8 Å². The summed E-state index contributed by atoms with van der Waals surface area (Å²) in [6.45, 7) is 2.14. The Balaban J connectivity index is 1.85. The van der Waals surface area contributed by atoms with Crippen LogP contribution in [0.2, 0.25) is 0 Å². The molecule has 112 valence electrons. The van der Waals surface area contributed by atoms with Crippen molar-refractivity contribution in [1.29, 1.82) is 0 Å². The van der Waals surface area contributed by atoms with Gasteiger partial charge in [-0.25, -0.2) is 14.5 Å². The number of hydrogen-bond acceptors (Lipinski definition) is 5. The van der Waals surface area contributed by atoms with Gasteiger partial charge in [0.2, 0.25) is 5.88 Å². The Morgan fingerprint density at radius 1 is 1.09 bits per heavy atom. The van der Waals surface area contributed by atoms with Crippen molar-refractivity contribution in [2.45, 2.75) is 12.8 Å². The predicted octanol–water partition coefficient (Wildman–Crippen LogP) is 2.40. The van der Waals surface area contributed by atoms with E-state index in [9.17, 15) is 0 Å². The second kappa shape index (κ2) is 5.29. The van der Waals surface area contributed by atoms with Crippen LogP contribution in [0.25, 0.3) is 16.9 Å².